The fraction of sp³-hybridized carbons (Fsp3) is 0.692. The Kier molecular flexibility index (Phi) is 3.52. The number of nitrogens with zero attached hydrogens (tertiary/aromatic N) is 3. The highest BCUT2D eigenvalue weighted by Gasteiger charge is 2.28. The number of morpholine rings is 1. The molecule has 1 N–H and O–H groups in total. The summed E-state index contributed by atoms with van der Waals surface area (Å²) in [5, 5.41) is 3.11. The molecule has 1 aliphatic carbocycles. The van der Waals surface area contributed by atoms with Crippen LogP contribution in [0, 0.1) is 0 Å². The first-order valence-electron chi connectivity index (χ1n) is 6.88. The minimum absolute atomic E-state index is 0.0371. The molecule has 0 radical (unpaired) electrons. The molecule has 6 heteroatoms. The minimum Gasteiger partial charge on any atom is -0.373 e. The SMILES string of the molecule is CNCC1CN(c2nccn(C3CC3)c2=O)CCO1. The van der Waals surface area contributed by atoms with Crippen LogP contribution in [0.4, 0.5) is 5.82 Å². The van der Waals surface area contributed by atoms with Gasteiger partial charge in [0.05, 0.1) is 12.7 Å². The van der Waals surface area contributed by atoms with Gasteiger partial charge in [-0.1, -0.05) is 0 Å². The molecule has 1 aromatic rings. The van der Waals surface area contributed by atoms with E-state index >= 15 is 0 Å². The first kappa shape index (κ1) is 12.6. The number of hydrogen-bond acceptors (Lipinski definition) is 5. The molecule has 0 bridgehead atoms. The quantitative estimate of drug-likeness (QED) is 0.829. The van der Waals surface area contributed by atoms with Gasteiger partial charge in [0.15, 0.2) is 5.82 Å². The molecule has 2 heterocycles. The van der Waals surface area contributed by atoms with Gasteiger partial charge in [0, 0.05) is 38.1 Å². The van der Waals surface area contributed by atoms with Crippen molar-refractivity contribution < 1.29 is 4.74 Å². The lowest BCUT2D eigenvalue weighted by Crippen LogP contribution is -2.48. The van der Waals surface area contributed by atoms with Crippen LogP contribution in [-0.4, -0.2) is 48.9 Å². The molecule has 1 unspecified atom stereocenters. The van der Waals surface area contributed by atoms with Crippen molar-refractivity contribution in [1.29, 1.82) is 0 Å². The summed E-state index contributed by atoms with van der Waals surface area (Å²) in [4.78, 5) is 18.7. The summed E-state index contributed by atoms with van der Waals surface area (Å²) >= 11 is 0. The van der Waals surface area contributed by atoms with Crippen molar-refractivity contribution in [3.8, 4) is 0 Å². The van der Waals surface area contributed by atoms with E-state index in [1.54, 1.807) is 12.4 Å². The maximum Gasteiger partial charge on any atom is 0.293 e. The predicted molar refractivity (Wildman–Crippen MR) is 72.6 cm³/mol. The van der Waals surface area contributed by atoms with Gasteiger partial charge in [-0.05, 0) is 19.9 Å². The third-order valence-corrected chi connectivity index (χ3v) is 3.66. The first-order valence-corrected chi connectivity index (χ1v) is 6.88. The topological polar surface area (TPSA) is 59.4 Å². The number of hydrogen-bond donors (Lipinski definition) is 1. The number of ether oxygens (including phenoxy) is 1. The van der Waals surface area contributed by atoms with Gasteiger partial charge in [-0.25, -0.2) is 4.98 Å². The maximum absolute atomic E-state index is 12.4. The second-order valence-electron chi connectivity index (χ2n) is 5.19. The molecule has 2 fully saturated rings. The Bertz CT molecular complexity index is 496. The molecule has 1 saturated heterocycles. The largest absolute Gasteiger partial charge is 0.373 e. The first-order chi connectivity index (χ1) is 9.29. The van der Waals surface area contributed by atoms with Gasteiger partial charge in [-0.2, -0.15) is 0 Å². The molecule has 19 heavy (non-hydrogen) atoms. The zero-order chi connectivity index (χ0) is 13.2. The maximum atomic E-state index is 12.4. The van der Waals surface area contributed by atoms with Crippen LogP contribution in [0.25, 0.3) is 0 Å². The minimum atomic E-state index is 0.0371. The van der Waals surface area contributed by atoms with Crippen LogP contribution >= 0.6 is 0 Å². The number of rotatable bonds is 4. The average molecular weight is 264 g/mol. The van der Waals surface area contributed by atoms with Gasteiger partial charge in [0.25, 0.3) is 5.56 Å². The molecule has 104 valence electrons. The van der Waals surface area contributed by atoms with E-state index in [0.717, 1.165) is 32.5 Å². The Balaban J connectivity index is 1.81. The van der Waals surface area contributed by atoms with Crippen LogP contribution in [-0.2, 0) is 4.74 Å². The average Bonchev–Trinajstić information content (AvgIpc) is 3.24. The monoisotopic (exact) mass is 264 g/mol. The van der Waals surface area contributed by atoms with E-state index in [2.05, 4.69) is 10.3 Å². The number of aromatic nitrogens is 2. The Hall–Kier alpha value is -1.40. The highest BCUT2D eigenvalue weighted by molar-refractivity contribution is 5.36. The summed E-state index contributed by atoms with van der Waals surface area (Å²) < 4.78 is 7.48. The van der Waals surface area contributed by atoms with Crippen molar-refractivity contribution in [2.24, 2.45) is 0 Å². The van der Waals surface area contributed by atoms with Gasteiger partial charge < -0.3 is 19.5 Å². The smallest absolute Gasteiger partial charge is 0.293 e. The number of nitrogens with one attached hydrogen (secondary N) is 1. The molecule has 3 rings (SSSR count). The van der Waals surface area contributed by atoms with Crippen LogP contribution < -0.4 is 15.8 Å². The Morgan fingerprint density at radius 2 is 2.37 bits per heavy atom. The van der Waals surface area contributed by atoms with E-state index < -0.39 is 0 Å². The van der Waals surface area contributed by atoms with E-state index in [9.17, 15) is 4.79 Å². The van der Waals surface area contributed by atoms with Crippen molar-refractivity contribution in [3.63, 3.8) is 0 Å². The van der Waals surface area contributed by atoms with Crippen molar-refractivity contribution in [3.05, 3.63) is 22.7 Å². The lowest BCUT2D eigenvalue weighted by molar-refractivity contribution is 0.0418. The molecule has 1 aliphatic heterocycles. The van der Waals surface area contributed by atoms with Crippen LogP contribution in [0.15, 0.2) is 17.2 Å². The third kappa shape index (κ3) is 2.64. The molecule has 6 nitrogen and oxygen atoms in total. The molecular weight excluding hydrogens is 244 g/mol. The standard InChI is InChI=1S/C13H20N4O2/c1-14-8-11-9-16(6-7-19-11)12-13(18)17(5-4-15-12)10-2-3-10/h4-5,10-11,14H,2-3,6-9H2,1H3. The highest BCUT2D eigenvalue weighted by atomic mass is 16.5. The van der Waals surface area contributed by atoms with E-state index in [-0.39, 0.29) is 11.7 Å². The van der Waals surface area contributed by atoms with Crippen LogP contribution in [0.2, 0.25) is 0 Å². The third-order valence-electron chi connectivity index (χ3n) is 3.66. The molecular formula is C13H20N4O2. The van der Waals surface area contributed by atoms with Crippen LogP contribution in [0.5, 0.6) is 0 Å². The van der Waals surface area contributed by atoms with Crippen molar-refractivity contribution >= 4 is 5.82 Å². The van der Waals surface area contributed by atoms with Gasteiger partial charge in [0.2, 0.25) is 0 Å². The van der Waals surface area contributed by atoms with Crippen LogP contribution in [0.3, 0.4) is 0 Å². The summed E-state index contributed by atoms with van der Waals surface area (Å²) in [7, 11) is 1.91. The van der Waals surface area contributed by atoms with Gasteiger partial charge in [-0.3, -0.25) is 4.79 Å². The summed E-state index contributed by atoms with van der Waals surface area (Å²) in [5.74, 6) is 0.568. The summed E-state index contributed by atoms with van der Waals surface area (Å²) in [6.07, 6.45) is 5.87. The lowest BCUT2D eigenvalue weighted by Gasteiger charge is -2.33. The Morgan fingerprint density at radius 1 is 1.53 bits per heavy atom. The Morgan fingerprint density at radius 3 is 3.11 bits per heavy atom. The fourth-order valence-corrected chi connectivity index (χ4v) is 2.53. The molecule has 1 aromatic heterocycles. The van der Waals surface area contributed by atoms with E-state index in [0.29, 0.717) is 18.5 Å². The second-order valence-corrected chi connectivity index (χ2v) is 5.19. The normalized spacial score (nSPS) is 23.6. The van der Waals surface area contributed by atoms with Crippen molar-refractivity contribution in [1.82, 2.24) is 14.9 Å². The fourth-order valence-electron chi connectivity index (χ4n) is 2.53. The van der Waals surface area contributed by atoms with Gasteiger partial charge in [0.1, 0.15) is 0 Å². The summed E-state index contributed by atoms with van der Waals surface area (Å²) in [5.41, 5.74) is 0.0371. The molecule has 0 aromatic carbocycles. The lowest BCUT2D eigenvalue weighted by atomic mass is 10.2. The Labute approximate surface area is 112 Å². The molecule has 0 spiro atoms. The van der Waals surface area contributed by atoms with Crippen molar-refractivity contribution in [2.45, 2.75) is 25.0 Å². The van der Waals surface area contributed by atoms with Crippen molar-refractivity contribution in [2.75, 3.05) is 38.2 Å². The molecule has 2 aliphatic rings. The number of anilines is 1. The van der Waals surface area contributed by atoms with E-state index in [4.69, 9.17) is 4.74 Å². The van der Waals surface area contributed by atoms with E-state index in [1.807, 2.05) is 16.5 Å². The van der Waals surface area contributed by atoms with Crippen LogP contribution in [0.1, 0.15) is 18.9 Å². The summed E-state index contributed by atoms with van der Waals surface area (Å²) in [6.45, 7) is 2.89. The molecule has 0 amide bonds. The highest BCUT2D eigenvalue weighted by Crippen LogP contribution is 2.33. The number of likely N-dealkylation sites (N-methyl/N-ethyl adjacent to an activating group) is 1. The van der Waals surface area contributed by atoms with E-state index in [1.165, 1.54) is 0 Å². The zero-order valence-corrected chi connectivity index (χ0v) is 11.2. The van der Waals surface area contributed by atoms with Gasteiger partial charge >= 0.3 is 0 Å². The zero-order valence-electron chi connectivity index (χ0n) is 11.2. The summed E-state index contributed by atoms with van der Waals surface area (Å²) in [6, 6.07) is 0.392. The predicted octanol–water partition coefficient (Wildman–Crippen LogP) is 0.00280. The van der Waals surface area contributed by atoms with Gasteiger partial charge in [-0.15, -0.1) is 0 Å². The molecule has 1 saturated carbocycles. The second kappa shape index (κ2) is 5.30. The molecule has 1 atom stereocenters.